The van der Waals surface area contributed by atoms with Crippen molar-refractivity contribution in [2.45, 2.75) is 0 Å². The lowest BCUT2D eigenvalue weighted by molar-refractivity contribution is 0.0398. The Bertz CT molecular complexity index is 563. The average molecular weight is 345 g/mol. The standard InChI is InChI=1S/C15H22F3N5O/c16-11-12(17)14(20-3-4-22-7-9-24-10-8-22)21-15(13(11)18)23-5-1-19-2-6-23/h19H,1-10H2,(H,20,21). The van der Waals surface area contributed by atoms with E-state index in [2.05, 4.69) is 20.5 Å². The summed E-state index contributed by atoms with van der Waals surface area (Å²) in [5.41, 5.74) is 0. The van der Waals surface area contributed by atoms with E-state index in [0.717, 1.165) is 13.1 Å². The van der Waals surface area contributed by atoms with Gasteiger partial charge in [-0.3, -0.25) is 4.90 Å². The molecular weight excluding hydrogens is 323 g/mol. The van der Waals surface area contributed by atoms with Crippen LogP contribution in [0.1, 0.15) is 0 Å². The number of halogens is 3. The molecule has 0 radical (unpaired) electrons. The van der Waals surface area contributed by atoms with Gasteiger partial charge in [-0.1, -0.05) is 0 Å². The normalized spacial score (nSPS) is 19.5. The van der Waals surface area contributed by atoms with Crippen molar-refractivity contribution in [1.29, 1.82) is 0 Å². The Morgan fingerprint density at radius 1 is 1.00 bits per heavy atom. The van der Waals surface area contributed by atoms with E-state index in [9.17, 15) is 13.2 Å². The Kier molecular flexibility index (Phi) is 5.75. The predicted molar refractivity (Wildman–Crippen MR) is 84.9 cm³/mol. The molecular formula is C15H22F3N5O. The fraction of sp³-hybridized carbons (Fsp3) is 0.667. The molecule has 9 heteroatoms. The van der Waals surface area contributed by atoms with Crippen molar-refractivity contribution in [3.63, 3.8) is 0 Å². The molecule has 6 nitrogen and oxygen atoms in total. The van der Waals surface area contributed by atoms with E-state index in [4.69, 9.17) is 4.74 Å². The third-order valence-corrected chi connectivity index (χ3v) is 4.25. The van der Waals surface area contributed by atoms with Gasteiger partial charge in [0.1, 0.15) is 0 Å². The SMILES string of the molecule is Fc1c(NCCN2CCOCC2)nc(N2CCNCC2)c(F)c1F. The van der Waals surface area contributed by atoms with Crippen LogP contribution in [0.3, 0.4) is 0 Å². The van der Waals surface area contributed by atoms with Crippen LogP contribution in [0.15, 0.2) is 0 Å². The molecule has 0 aromatic carbocycles. The number of pyridine rings is 1. The molecule has 0 saturated carbocycles. The van der Waals surface area contributed by atoms with Crippen LogP contribution in [0.2, 0.25) is 0 Å². The van der Waals surface area contributed by atoms with Gasteiger partial charge in [-0.15, -0.1) is 0 Å². The van der Waals surface area contributed by atoms with E-state index in [1.165, 1.54) is 0 Å². The molecule has 0 aliphatic carbocycles. The first-order valence-electron chi connectivity index (χ1n) is 8.21. The van der Waals surface area contributed by atoms with Gasteiger partial charge in [0.25, 0.3) is 0 Å². The lowest BCUT2D eigenvalue weighted by Gasteiger charge is -2.29. The Labute approximate surface area is 139 Å². The minimum absolute atomic E-state index is 0.135. The number of ether oxygens (including phenoxy) is 1. The molecule has 0 atom stereocenters. The summed E-state index contributed by atoms with van der Waals surface area (Å²) in [5.74, 6) is -4.35. The summed E-state index contributed by atoms with van der Waals surface area (Å²) in [6, 6.07) is 0. The molecule has 2 aliphatic heterocycles. The van der Waals surface area contributed by atoms with E-state index in [0.29, 0.717) is 52.5 Å². The minimum Gasteiger partial charge on any atom is -0.379 e. The highest BCUT2D eigenvalue weighted by molar-refractivity contribution is 5.50. The lowest BCUT2D eigenvalue weighted by Crippen LogP contribution is -2.44. The number of aromatic nitrogens is 1. The molecule has 3 rings (SSSR count). The predicted octanol–water partition coefficient (Wildman–Crippen LogP) is 0.653. The number of nitrogens with one attached hydrogen (secondary N) is 2. The Hall–Kier alpha value is -1.58. The number of nitrogens with zero attached hydrogens (tertiary/aromatic N) is 3. The first kappa shape index (κ1) is 17.2. The molecule has 0 amide bonds. The second-order valence-corrected chi connectivity index (χ2v) is 5.84. The van der Waals surface area contributed by atoms with Gasteiger partial charge in [0.15, 0.2) is 11.6 Å². The lowest BCUT2D eigenvalue weighted by atomic mass is 10.3. The van der Waals surface area contributed by atoms with Crippen molar-refractivity contribution >= 4 is 11.6 Å². The zero-order valence-electron chi connectivity index (χ0n) is 13.5. The highest BCUT2D eigenvalue weighted by Gasteiger charge is 2.25. The van der Waals surface area contributed by atoms with Crippen LogP contribution in [0.25, 0.3) is 0 Å². The van der Waals surface area contributed by atoms with Gasteiger partial charge in [0, 0.05) is 52.4 Å². The van der Waals surface area contributed by atoms with Gasteiger partial charge < -0.3 is 20.3 Å². The minimum atomic E-state index is -1.48. The van der Waals surface area contributed by atoms with Crippen molar-refractivity contribution in [2.75, 3.05) is 75.8 Å². The summed E-state index contributed by atoms with van der Waals surface area (Å²) in [6.07, 6.45) is 0. The second-order valence-electron chi connectivity index (χ2n) is 5.84. The molecule has 1 aromatic rings. The molecule has 0 unspecified atom stereocenters. The molecule has 1 aromatic heterocycles. The second kappa shape index (κ2) is 8.00. The summed E-state index contributed by atoms with van der Waals surface area (Å²) in [6.45, 7) is 6.32. The number of piperazine rings is 1. The summed E-state index contributed by atoms with van der Waals surface area (Å²) < 4.78 is 47.2. The number of morpholine rings is 1. The first-order valence-corrected chi connectivity index (χ1v) is 8.21. The Morgan fingerprint density at radius 3 is 2.42 bits per heavy atom. The molecule has 2 fully saturated rings. The monoisotopic (exact) mass is 345 g/mol. The van der Waals surface area contributed by atoms with Gasteiger partial charge >= 0.3 is 0 Å². The van der Waals surface area contributed by atoms with E-state index in [1.54, 1.807) is 4.90 Å². The van der Waals surface area contributed by atoms with E-state index in [1.807, 2.05) is 0 Å². The maximum atomic E-state index is 14.1. The Balaban J connectivity index is 1.68. The molecule has 3 heterocycles. The highest BCUT2D eigenvalue weighted by atomic mass is 19.2. The molecule has 24 heavy (non-hydrogen) atoms. The van der Waals surface area contributed by atoms with Crippen molar-refractivity contribution in [3.05, 3.63) is 17.5 Å². The topological polar surface area (TPSA) is 52.7 Å². The molecule has 2 N–H and O–H groups in total. The largest absolute Gasteiger partial charge is 0.379 e. The van der Waals surface area contributed by atoms with E-state index in [-0.39, 0.29) is 11.6 Å². The van der Waals surface area contributed by atoms with Crippen LogP contribution in [-0.4, -0.2) is 75.5 Å². The number of anilines is 2. The summed E-state index contributed by atoms with van der Waals surface area (Å²) in [7, 11) is 0. The van der Waals surface area contributed by atoms with Crippen LogP contribution in [0, 0.1) is 17.5 Å². The van der Waals surface area contributed by atoms with Crippen LogP contribution in [0.4, 0.5) is 24.8 Å². The summed E-state index contributed by atoms with van der Waals surface area (Å²) >= 11 is 0. The highest BCUT2D eigenvalue weighted by Crippen LogP contribution is 2.26. The van der Waals surface area contributed by atoms with Gasteiger partial charge in [-0.2, -0.15) is 8.78 Å². The quantitative estimate of drug-likeness (QED) is 0.818. The van der Waals surface area contributed by atoms with Crippen molar-refractivity contribution in [1.82, 2.24) is 15.2 Å². The van der Waals surface area contributed by atoms with Crippen molar-refractivity contribution in [2.24, 2.45) is 0 Å². The zero-order valence-corrected chi connectivity index (χ0v) is 13.5. The van der Waals surface area contributed by atoms with Crippen molar-refractivity contribution < 1.29 is 17.9 Å². The van der Waals surface area contributed by atoms with E-state index >= 15 is 0 Å². The summed E-state index contributed by atoms with van der Waals surface area (Å²) in [5, 5.41) is 5.91. The third-order valence-electron chi connectivity index (χ3n) is 4.25. The molecule has 134 valence electrons. The van der Waals surface area contributed by atoms with Crippen LogP contribution in [-0.2, 0) is 4.74 Å². The molecule has 0 bridgehead atoms. The number of hydrogen-bond acceptors (Lipinski definition) is 6. The summed E-state index contributed by atoms with van der Waals surface area (Å²) in [4.78, 5) is 7.78. The Morgan fingerprint density at radius 2 is 1.71 bits per heavy atom. The third kappa shape index (κ3) is 3.90. The number of rotatable bonds is 5. The molecule has 2 saturated heterocycles. The van der Waals surface area contributed by atoms with Gasteiger partial charge in [0.2, 0.25) is 17.5 Å². The maximum Gasteiger partial charge on any atom is 0.204 e. The fourth-order valence-corrected chi connectivity index (χ4v) is 2.86. The van der Waals surface area contributed by atoms with Gasteiger partial charge in [0.05, 0.1) is 13.2 Å². The fourth-order valence-electron chi connectivity index (χ4n) is 2.86. The smallest absolute Gasteiger partial charge is 0.204 e. The van der Waals surface area contributed by atoms with E-state index < -0.39 is 17.5 Å². The van der Waals surface area contributed by atoms with Crippen molar-refractivity contribution in [3.8, 4) is 0 Å². The zero-order chi connectivity index (χ0) is 16.9. The first-order chi connectivity index (χ1) is 11.7. The maximum absolute atomic E-state index is 14.1. The van der Waals surface area contributed by atoms with Crippen LogP contribution >= 0.6 is 0 Å². The van der Waals surface area contributed by atoms with Crippen LogP contribution < -0.4 is 15.5 Å². The van der Waals surface area contributed by atoms with Gasteiger partial charge in [-0.05, 0) is 0 Å². The van der Waals surface area contributed by atoms with Gasteiger partial charge in [-0.25, -0.2) is 9.37 Å². The molecule has 0 spiro atoms. The van der Waals surface area contributed by atoms with Crippen LogP contribution in [0.5, 0.6) is 0 Å². The molecule has 2 aliphatic rings. The average Bonchev–Trinajstić information content (AvgIpc) is 2.63. The number of hydrogen-bond donors (Lipinski definition) is 2.